The first kappa shape index (κ1) is 8.78. The lowest BCUT2D eigenvalue weighted by atomic mass is 10.3. The molecule has 0 saturated carbocycles. The third-order valence-corrected chi connectivity index (χ3v) is 1.42. The van der Waals surface area contributed by atoms with Crippen molar-refractivity contribution in [3.8, 4) is 5.75 Å². The molecule has 0 aliphatic carbocycles. The van der Waals surface area contributed by atoms with Gasteiger partial charge in [0, 0.05) is 5.02 Å². The molecular weight excluding hydrogens is 203 g/mol. The van der Waals surface area contributed by atoms with E-state index in [1.807, 2.05) is 0 Å². The Morgan fingerprint density at radius 1 is 1.27 bits per heavy atom. The van der Waals surface area contributed by atoms with Crippen molar-refractivity contribution in [3.05, 3.63) is 29.3 Å². The van der Waals surface area contributed by atoms with Crippen molar-refractivity contribution in [3.63, 3.8) is 0 Å². The van der Waals surface area contributed by atoms with Gasteiger partial charge in [-0.1, -0.05) is 11.6 Å². The average molecular weight is 207 g/mol. The fourth-order valence-electron chi connectivity index (χ4n) is 0.595. The van der Waals surface area contributed by atoms with Crippen LogP contribution in [0.3, 0.4) is 0 Å². The van der Waals surface area contributed by atoms with Crippen LogP contribution in [-0.2, 0) is 0 Å². The molecule has 0 bridgehead atoms. The molecule has 0 saturated heterocycles. The maximum Gasteiger partial charge on any atom is 0.260 e. The van der Waals surface area contributed by atoms with Crippen LogP contribution >= 0.6 is 35.4 Å². The number of halogens is 2. The summed E-state index contributed by atoms with van der Waals surface area (Å²) in [5.41, 5.74) is 0. The highest BCUT2D eigenvalue weighted by Crippen LogP contribution is 2.16. The molecule has 1 nitrogen and oxygen atoms in total. The van der Waals surface area contributed by atoms with E-state index in [-0.39, 0.29) is 4.51 Å². The number of benzene rings is 1. The maximum absolute atomic E-state index is 5.63. The predicted molar refractivity (Wildman–Crippen MR) is 50.5 cm³/mol. The van der Waals surface area contributed by atoms with Crippen molar-refractivity contribution in [2.24, 2.45) is 0 Å². The van der Waals surface area contributed by atoms with Crippen LogP contribution in [0.5, 0.6) is 5.75 Å². The van der Waals surface area contributed by atoms with Crippen LogP contribution in [0, 0.1) is 0 Å². The molecule has 0 unspecified atom stereocenters. The molecule has 1 rings (SSSR count). The zero-order valence-electron chi connectivity index (χ0n) is 5.38. The zero-order valence-corrected chi connectivity index (χ0v) is 7.71. The second-order valence-corrected chi connectivity index (χ2v) is 3.17. The van der Waals surface area contributed by atoms with E-state index >= 15 is 0 Å². The third kappa shape index (κ3) is 3.06. The SMILES string of the molecule is S=C(Cl)Oc1ccc(Cl)cc1. The van der Waals surface area contributed by atoms with Crippen LogP contribution in [0.4, 0.5) is 0 Å². The molecule has 0 aliphatic rings. The summed E-state index contributed by atoms with van der Waals surface area (Å²) in [6.07, 6.45) is 0. The number of thiocarbonyl (C=S) groups is 1. The number of hydrogen-bond donors (Lipinski definition) is 0. The molecule has 1 aromatic carbocycles. The molecule has 0 atom stereocenters. The Balaban J connectivity index is 2.74. The van der Waals surface area contributed by atoms with Crippen molar-refractivity contribution in [2.45, 2.75) is 0 Å². The van der Waals surface area contributed by atoms with Gasteiger partial charge in [-0.3, -0.25) is 0 Å². The third-order valence-electron chi connectivity index (χ3n) is 1.01. The second-order valence-electron chi connectivity index (χ2n) is 1.79. The van der Waals surface area contributed by atoms with E-state index in [4.69, 9.17) is 27.9 Å². The standard InChI is InChI=1S/C7H4Cl2OS/c8-5-1-3-6(4-2-5)10-7(9)11/h1-4H. The molecule has 0 spiro atoms. The summed E-state index contributed by atoms with van der Waals surface area (Å²) in [4.78, 5) is 0. The van der Waals surface area contributed by atoms with Gasteiger partial charge in [0.15, 0.2) is 0 Å². The molecule has 0 aromatic heterocycles. The number of ether oxygens (including phenoxy) is 1. The normalized spacial score (nSPS) is 9.27. The van der Waals surface area contributed by atoms with E-state index < -0.39 is 0 Å². The average Bonchev–Trinajstić information content (AvgIpc) is 1.93. The van der Waals surface area contributed by atoms with E-state index in [0.29, 0.717) is 10.8 Å². The van der Waals surface area contributed by atoms with Crippen LogP contribution in [0.15, 0.2) is 24.3 Å². The number of hydrogen-bond acceptors (Lipinski definition) is 2. The van der Waals surface area contributed by atoms with Gasteiger partial charge in [0.05, 0.1) is 0 Å². The first-order valence-electron chi connectivity index (χ1n) is 2.81. The lowest BCUT2D eigenvalue weighted by molar-refractivity contribution is 0.578. The first-order valence-corrected chi connectivity index (χ1v) is 3.98. The molecule has 11 heavy (non-hydrogen) atoms. The molecule has 0 amide bonds. The molecule has 0 fully saturated rings. The summed E-state index contributed by atoms with van der Waals surface area (Å²) in [5.74, 6) is 0.592. The van der Waals surface area contributed by atoms with Crippen LogP contribution in [0.2, 0.25) is 5.02 Å². The van der Waals surface area contributed by atoms with Crippen molar-refractivity contribution in [1.82, 2.24) is 0 Å². The lowest BCUT2D eigenvalue weighted by Crippen LogP contribution is -1.94. The summed E-state index contributed by atoms with van der Waals surface area (Å²) in [6, 6.07) is 6.78. The van der Waals surface area contributed by atoms with Crippen LogP contribution in [-0.4, -0.2) is 4.51 Å². The smallest absolute Gasteiger partial charge is 0.260 e. The Kier molecular flexibility index (Phi) is 3.12. The highest BCUT2D eigenvalue weighted by atomic mass is 35.5. The van der Waals surface area contributed by atoms with Crippen molar-refractivity contribution >= 4 is 39.9 Å². The van der Waals surface area contributed by atoms with Gasteiger partial charge < -0.3 is 4.74 Å². The summed E-state index contributed by atoms with van der Waals surface area (Å²) in [7, 11) is 0. The van der Waals surface area contributed by atoms with Crippen LogP contribution in [0.1, 0.15) is 0 Å². The maximum atomic E-state index is 5.63. The summed E-state index contributed by atoms with van der Waals surface area (Å²) < 4.78 is 4.89. The fraction of sp³-hybridized carbons (Fsp3) is 0. The lowest BCUT2D eigenvalue weighted by Gasteiger charge is -1.99. The molecule has 0 heterocycles. The van der Waals surface area contributed by atoms with Gasteiger partial charge in [-0.15, -0.1) is 0 Å². The van der Waals surface area contributed by atoms with Gasteiger partial charge >= 0.3 is 0 Å². The van der Waals surface area contributed by atoms with Gasteiger partial charge in [-0.25, -0.2) is 0 Å². The second kappa shape index (κ2) is 3.90. The quantitative estimate of drug-likeness (QED) is 0.516. The molecule has 0 radical (unpaired) electrons. The molecular formula is C7H4Cl2OS. The van der Waals surface area contributed by atoms with E-state index in [1.165, 1.54) is 0 Å². The molecule has 1 aromatic rings. The topological polar surface area (TPSA) is 9.23 Å². The summed E-state index contributed by atoms with van der Waals surface area (Å²) in [5, 5.41) is 0.651. The molecule has 0 aliphatic heterocycles. The van der Waals surface area contributed by atoms with Gasteiger partial charge in [0.25, 0.3) is 4.51 Å². The Bertz CT molecular complexity index is 258. The van der Waals surface area contributed by atoms with Crippen LogP contribution in [0.25, 0.3) is 0 Å². The minimum absolute atomic E-state index is 0.0210. The summed E-state index contributed by atoms with van der Waals surface area (Å²) >= 11 is 15.5. The van der Waals surface area contributed by atoms with Gasteiger partial charge in [-0.2, -0.15) is 0 Å². The fourth-order valence-corrected chi connectivity index (χ4v) is 0.907. The molecule has 58 valence electrons. The van der Waals surface area contributed by atoms with E-state index in [9.17, 15) is 0 Å². The van der Waals surface area contributed by atoms with Crippen molar-refractivity contribution in [2.75, 3.05) is 0 Å². The van der Waals surface area contributed by atoms with Gasteiger partial charge in [0.2, 0.25) is 0 Å². The Morgan fingerprint density at radius 2 is 1.82 bits per heavy atom. The minimum Gasteiger partial charge on any atom is -0.436 e. The van der Waals surface area contributed by atoms with Crippen molar-refractivity contribution < 1.29 is 4.74 Å². The highest BCUT2D eigenvalue weighted by molar-refractivity contribution is 7.82. The zero-order chi connectivity index (χ0) is 8.27. The predicted octanol–water partition coefficient (Wildman–Crippen LogP) is 3.24. The van der Waals surface area contributed by atoms with E-state index in [0.717, 1.165) is 0 Å². The monoisotopic (exact) mass is 206 g/mol. The van der Waals surface area contributed by atoms with Gasteiger partial charge in [-0.05, 0) is 48.1 Å². The van der Waals surface area contributed by atoms with Crippen molar-refractivity contribution in [1.29, 1.82) is 0 Å². The Morgan fingerprint density at radius 3 is 2.27 bits per heavy atom. The Labute approximate surface area is 79.9 Å². The summed E-state index contributed by atoms with van der Waals surface area (Å²) in [6.45, 7) is 0. The largest absolute Gasteiger partial charge is 0.436 e. The van der Waals surface area contributed by atoms with Gasteiger partial charge in [0.1, 0.15) is 5.75 Å². The van der Waals surface area contributed by atoms with E-state index in [2.05, 4.69) is 12.2 Å². The number of rotatable bonds is 1. The Hall–Kier alpha value is -0.310. The molecule has 0 N–H and O–H groups in total. The highest BCUT2D eigenvalue weighted by Gasteiger charge is 1.94. The minimum atomic E-state index is -0.0210. The first-order chi connectivity index (χ1) is 5.18. The van der Waals surface area contributed by atoms with Crippen LogP contribution < -0.4 is 4.74 Å². The van der Waals surface area contributed by atoms with E-state index in [1.54, 1.807) is 24.3 Å². The molecule has 4 heteroatoms.